The van der Waals surface area contributed by atoms with Crippen molar-refractivity contribution >= 4 is 11.3 Å². The molecule has 0 aromatic carbocycles. The molecule has 1 saturated heterocycles. The molecule has 2 aliphatic rings. The second-order valence-electron chi connectivity index (χ2n) is 5.41. The van der Waals surface area contributed by atoms with E-state index in [4.69, 9.17) is 0 Å². The average molecular weight is 251 g/mol. The monoisotopic (exact) mass is 251 g/mol. The maximum Gasteiger partial charge on any atom is 0.107 e. The van der Waals surface area contributed by atoms with Gasteiger partial charge in [-0.15, -0.1) is 11.3 Å². The zero-order valence-corrected chi connectivity index (χ0v) is 11.3. The second-order valence-corrected chi connectivity index (χ2v) is 6.35. The maximum atomic E-state index is 4.67. The third-order valence-electron chi connectivity index (χ3n) is 4.11. The molecule has 1 aliphatic carbocycles. The number of thiazole rings is 1. The number of fused-ring (bicyclic) bond motifs is 1. The Hall–Kier alpha value is -0.450. The predicted octanol–water partition coefficient (Wildman–Crippen LogP) is 2.09. The van der Waals surface area contributed by atoms with Crippen LogP contribution in [0, 0.1) is 11.8 Å². The molecular weight excluding hydrogens is 230 g/mol. The van der Waals surface area contributed by atoms with E-state index in [2.05, 4.69) is 20.6 Å². The highest BCUT2D eigenvalue weighted by molar-refractivity contribution is 7.09. The van der Waals surface area contributed by atoms with Gasteiger partial charge in [0.05, 0.1) is 5.69 Å². The Morgan fingerprint density at radius 1 is 1.41 bits per heavy atom. The topological polar surface area (TPSA) is 28.2 Å². The molecule has 17 heavy (non-hydrogen) atoms. The molecule has 1 aliphatic heterocycles. The van der Waals surface area contributed by atoms with Crippen LogP contribution in [0.5, 0.6) is 0 Å². The van der Waals surface area contributed by atoms with Crippen molar-refractivity contribution in [3.05, 3.63) is 16.1 Å². The Morgan fingerprint density at radius 2 is 2.18 bits per heavy atom. The summed E-state index contributed by atoms with van der Waals surface area (Å²) in [5.41, 5.74) is 1.26. The van der Waals surface area contributed by atoms with Crippen molar-refractivity contribution in [1.29, 1.82) is 0 Å². The van der Waals surface area contributed by atoms with Gasteiger partial charge in [0.2, 0.25) is 0 Å². The highest BCUT2D eigenvalue weighted by atomic mass is 32.1. The van der Waals surface area contributed by atoms with Crippen LogP contribution in [-0.2, 0) is 13.1 Å². The number of likely N-dealkylation sites (tertiary alicyclic amines) is 1. The lowest BCUT2D eigenvalue weighted by Crippen LogP contribution is -2.21. The fourth-order valence-electron chi connectivity index (χ4n) is 3.34. The van der Waals surface area contributed by atoms with Crippen molar-refractivity contribution in [2.45, 2.75) is 32.4 Å². The first-order valence-electron chi connectivity index (χ1n) is 6.65. The van der Waals surface area contributed by atoms with Crippen LogP contribution in [0.1, 0.15) is 30.0 Å². The molecule has 2 unspecified atom stereocenters. The van der Waals surface area contributed by atoms with Gasteiger partial charge in [-0.3, -0.25) is 4.90 Å². The summed E-state index contributed by atoms with van der Waals surface area (Å²) < 4.78 is 0. The van der Waals surface area contributed by atoms with Crippen LogP contribution in [0.3, 0.4) is 0 Å². The molecule has 0 bridgehead atoms. The molecule has 1 saturated carbocycles. The van der Waals surface area contributed by atoms with Crippen LogP contribution in [0.2, 0.25) is 0 Å². The normalized spacial score (nSPS) is 28.8. The van der Waals surface area contributed by atoms with Crippen molar-refractivity contribution in [2.24, 2.45) is 11.8 Å². The number of rotatable bonds is 4. The quantitative estimate of drug-likeness (QED) is 0.888. The molecule has 2 fully saturated rings. The fourth-order valence-corrected chi connectivity index (χ4v) is 4.14. The molecule has 1 aromatic rings. The molecular formula is C13H21N3S. The lowest BCUT2D eigenvalue weighted by molar-refractivity contribution is 0.300. The van der Waals surface area contributed by atoms with Gasteiger partial charge in [0, 0.05) is 31.6 Å². The Morgan fingerprint density at radius 3 is 2.88 bits per heavy atom. The zero-order chi connectivity index (χ0) is 11.7. The molecule has 0 radical (unpaired) electrons. The van der Waals surface area contributed by atoms with Gasteiger partial charge in [-0.1, -0.05) is 6.42 Å². The largest absolute Gasteiger partial charge is 0.314 e. The van der Waals surface area contributed by atoms with Crippen molar-refractivity contribution in [1.82, 2.24) is 15.2 Å². The first-order chi connectivity index (χ1) is 8.35. The average Bonchev–Trinajstić information content (AvgIpc) is 2.95. The molecule has 0 spiro atoms. The van der Waals surface area contributed by atoms with Gasteiger partial charge < -0.3 is 5.32 Å². The lowest BCUT2D eigenvalue weighted by Gasteiger charge is -2.14. The van der Waals surface area contributed by atoms with Crippen molar-refractivity contribution in [3.8, 4) is 0 Å². The Balaban J connectivity index is 1.56. The van der Waals surface area contributed by atoms with Crippen molar-refractivity contribution in [2.75, 3.05) is 20.1 Å². The van der Waals surface area contributed by atoms with E-state index in [1.807, 2.05) is 7.05 Å². The van der Waals surface area contributed by atoms with Crippen LogP contribution in [0.15, 0.2) is 5.38 Å². The summed E-state index contributed by atoms with van der Waals surface area (Å²) in [5.74, 6) is 1.98. The predicted molar refractivity (Wildman–Crippen MR) is 71.0 cm³/mol. The minimum absolute atomic E-state index is 0.899. The standard InChI is InChI=1S/C13H21N3S/c1-14-5-13-15-12(9-17-13)8-16-6-10-3-2-4-11(10)7-16/h9-11,14H,2-8H2,1H3. The third-order valence-corrected chi connectivity index (χ3v) is 5.01. The number of hydrogen-bond donors (Lipinski definition) is 1. The van der Waals surface area contributed by atoms with Gasteiger partial charge in [0.25, 0.3) is 0 Å². The first-order valence-corrected chi connectivity index (χ1v) is 7.53. The number of nitrogens with zero attached hydrogens (tertiary/aromatic N) is 2. The molecule has 1 aromatic heterocycles. The van der Waals surface area contributed by atoms with E-state index < -0.39 is 0 Å². The minimum atomic E-state index is 0.899. The zero-order valence-electron chi connectivity index (χ0n) is 10.5. The summed E-state index contributed by atoms with van der Waals surface area (Å²) >= 11 is 1.78. The highest BCUT2D eigenvalue weighted by Crippen LogP contribution is 2.38. The van der Waals surface area contributed by atoms with Crippen molar-refractivity contribution in [3.63, 3.8) is 0 Å². The Labute approximate surface area is 107 Å². The van der Waals surface area contributed by atoms with E-state index in [1.165, 1.54) is 43.1 Å². The van der Waals surface area contributed by atoms with E-state index in [0.29, 0.717) is 0 Å². The molecule has 94 valence electrons. The number of nitrogens with one attached hydrogen (secondary N) is 1. The first kappa shape index (κ1) is 11.6. The van der Waals surface area contributed by atoms with Crippen LogP contribution in [0.4, 0.5) is 0 Å². The van der Waals surface area contributed by atoms with Crippen LogP contribution >= 0.6 is 11.3 Å². The van der Waals surface area contributed by atoms with Gasteiger partial charge in [-0.25, -0.2) is 4.98 Å². The molecule has 4 heteroatoms. The highest BCUT2D eigenvalue weighted by Gasteiger charge is 2.35. The number of aromatic nitrogens is 1. The van der Waals surface area contributed by atoms with E-state index in [1.54, 1.807) is 11.3 Å². The molecule has 3 rings (SSSR count). The van der Waals surface area contributed by atoms with Crippen LogP contribution in [0.25, 0.3) is 0 Å². The van der Waals surface area contributed by atoms with Gasteiger partial charge in [0.15, 0.2) is 0 Å². The Bertz CT molecular complexity index is 364. The van der Waals surface area contributed by atoms with Crippen LogP contribution < -0.4 is 5.32 Å². The molecule has 1 N–H and O–H groups in total. The smallest absolute Gasteiger partial charge is 0.107 e. The summed E-state index contributed by atoms with van der Waals surface area (Å²) in [5, 5.41) is 6.59. The maximum absolute atomic E-state index is 4.67. The van der Waals surface area contributed by atoms with E-state index >= 15 is 0 Å². The lowest BCUT2D eigenvalue weighted by atomic mass is 10.0. The second kappa shape index (κ2) is 5.04. The van der Waals surface area contributed by atoms with E-state index in [9.17, 15) is 0 Å². The van der Waals surface area contributed by atoms with Gasteiger partial charge in [0.1, 0.15) is 5.01 Å². The van der Waals surface area contributed by atoms with Gasteiger partial charge in [-0.05, 0) is 31.7 Å². The summed E-state index contributed by atoms with van der Waals surface area (Å²) in [7, 11) is 1.97. The molecule has 2 atom stereocenters. The molecule has 0 amide bonds. The molecule has 3 nitrogen and oxygen atoms in total. The fraction of sp³-hybridized carbons (Fsp3) is 0.769. The van der Waals surface area contributed by atoms with Gasteiger partial charge in [-0.2, -0.15) is 0 Å². The summed E-state index contributed by atoms with van der Waals surface area (Å²) in [6.07, 6.45) is 4.39. The summed E-state index contributed by atoms with van der Waals surface area (Å²) in [4.78, 5) is 7.28. The number of hydrogen-bond acceptors (Lipinski definition) is 4. The summed E-state index contributed by atoms with van der Waals surface area (Å²) in [6.45, 7) is 4.58. The Kier molecular flexibility index (Phi) is 3.45. The van der Waals surface area contributed by atoms with Gasteiger partial charge >= 0.3 is 0 Å². The van der Waals surface area contributed by atoms with Crippen molar-refractivity contribution < 1.29 is 0 Å². The third kappa shape index (κ3) is 2.54. The van der Waals surface area contributed by atoms with E-state index in [0.717, 1.165) is 24.9 Å². The summed E-state index contributed by atoms with van der Waals surface area (Å²) in [6, 6.07) is 0. The van der Waals surface area contributed by atoms with Crippen LogP contribution in [-0.4, -0.2) is 30.0 Å². The SMILES string of the molecule is CNCc1nc(CN2CC3CCCC3C2)cs1. The minimum Gasteiger partial charge on any atom is -0.314 e. The molecule has 2 heterocycles. The van der Waals surface area contributed by atoms with E-state index in [-0.39, 0.29) is 0 Å².